The van der Waals surface area contributed by atoms with Crippen LogP contribution in [0.1, 0.15) is 21.5 Å². The van der Waals surface area contributed by atoms with Crippen molar-refractivity contribution in [3.63, 3.8) is 0 Å². The third-order valence-electron chi connectivity index (χ3n) is 3.58. The number of Topliss-reactive ketones (excluding diaryl/α,β-unsaturated/α-hetero) is 1. The summed E-state index contributed by atoms with van der Waals surface area (Å²) in [4.78, 5) is 12.2. The molecule has 128 valence electrons. The van der Waals surface area contributed by atoms with Crippen LogP contribution in [0.15, 0.2) is 41.6 Å². The topological polar surface area (TPSA) is 60.7 Å². The minimum absolute atomic E-state index is 0.106. The molecule has 0 aliphatic heterocycles. The highest BCUT2D eigenvalue weighted by Gasteiger charge is 2.17. The van der Waals surface area contributed by atoms with Crippen LogP contribution in [0.4, 0.5) is 8.78 Å². The molecule has 0 fully saturated rings. The standard InChI is InChI=1S/C17H14F2N4OS/c1-10-3-6-15(11(2)7-10)23-17(20-21-22-23)25-9-16(24)13-8-12(18)4-5-14(13)19/h3-8H,9H2,1-2H3. The van der Waals surface area contributed by atoms with Crippen molar-refractivity contribution in [3.8, 4) is 5.69 Å². The quantitative estimate of drug-likeness (QED) is 0.515. The van der Waals surface area contributed by atoms with E-state index in [4.69, 9.17) is 0 Å². The first-order valence-electron chi connectivity index (χ1n) is 7.43. The Morgan fingerprint density at radius 3 is 2.72 bits per heavy atom. The number of aryl methyl sites for hydroxylation is 2. The van der Waals surface area contributed by atoms with Crippen molar-refractivity contribution in [1.82, 2.24) is 20.2 Å². The van der Waals surface area contributed by atoms with E-state index in [0.717, 1.165) is 46.8 Å². The lowest BCUT2D eigenvalue weighted by Gasteiger charge is -2.08. The van der Waals surface area contributed by atoms with Crippen molar-refractivity contribution in [2.45, 2.75) is 19.0 Å². The molecule has 0 atom stereocenters. The van der Waals surface area contributed by atoms with Crippen LogP contribution in [-0.2, 0) is 0 Å². The summed E-state index contributed by atoms with van der Waals surface area (Å²) < 4.78 is 28.4. The molecule has 0 saturated carbocycles. The number of aromatic nitrogens is 4. The average molecular weight is 360 g/mol. The molecule has 8 heteroatoms. The van der Waals surface area contributed by atoms with E-state index in [1.54, 1.807) is 0 Å². The number of hydrogen-bond acceptors (Lipinski definition) is 5. The van der Waals surface area contributed by atoms with Gasteiger partial charge in [0, 0.05) is 0 Å². The summed E-state index contributed by atoms with van der Waals surface area (Å²) in [5.74, 6) is -2.04. The Hall–Kier alpha value is -2.61. The van der Waals surface area contributed by atoms with E-state index in [9.17, 15) is 13.6 Å². The van der Waals surface area contributed by atoms with E-state index in [-0.39, 0.29) is 11.3 Å². The summed E-state index contributed by atoms with van der Waals surface area (Å²) in [5, 5.41) is 11.9. The van der Waals surface area contributed by atoms with E-state index in [2.05, 4.69) is 15.5 Å². The molecule has 0 amide bonds. The predicted molar refractivity (Wildman–Crippen MR) is 90.0 cm³/mol. The number of thioether (sulfide) groups is 1. The lowest BCUT2D eigenvalue weighted by atomic mass is 10.1. The number of rotatable bonds is 5. The van der Waals surface area contributed by atoms with Gasteiger partial charge >= 0.3 is 0 Å². The summed E-state index contributed by atoms with van der Waals surface area (Å²) in [6.07, 6.45) is 0. The van der Waals surface area contributed by atoms with Gasteiger partial charge in [0.25, 0.3) is 0 Å². The van der Waals surface area contributed by atoms with Crippen LogP contribution in [0.2, 0.25) is 0 Å². The molecule has 0 N–H and O–H groups in total. The second-order valence-electron chi connectivity index (χ2n) is 5.50. The molecule has 1 heterocycles. The van der Waals surface area contributed by atoms with Crippen LogP contribution in [0.3, 0.4) is 0 Å². The number of tetrazole rings is 1. The molecule has 0 aliphatic rings. The molecule has 25 heavy (non-hydrogen) atoms. The van der Waals surface area contributed by atoms with Gasteiger partial charge in [0.1, 0.15) is 11.6 Å². The Morgan fingerprint density at radius 1 is 1.16 bits per heavy atom. The summed E-state index contributed by atoms with van der Waals surface area (Å²) in [5.41, 5.74) is 2.61. The second kappa shape index (κ2) is 7.10. The molecule has 0 spiro atoms. The van der Waals surface area contributed by atoms with Gasteiger partial charge in [0.2, 0.25) is 5.16 Å². The summed E-state index contributed by atoms with van der Waals surface area (Å²) in [7, 11) is 0. The smallest absolute Gasteiger partial charge is 0.214 e. The average Bonchev–Trinajstić information content (AvgIpc) is 3.03. The van der Waals surface area contributed by atoms with Crippen LogP contribution in [-0.4, -0.2) is 31.7 Å². The van der Waals surface area contributed by atoms with Gasteiger partial charge in [0.05, 0.1) is 17.0 Å². The number of carbonyl (C=O) groups excluding carboxylic acids is 1. The molecule has 3 aromatic rings. The second-order valence-corrected chi connectivity index (χ2v) is 6.44. The number of benzene rings is 2. The van der Waals surface area contributed by atoms with Gasteiger partial charge in [-0.25, -0.2) is 8.78 Å². The monoisotopic (exact) mass is 360 g/mol. The third-order valence-corrected chi connectivity index (χ3v) is 4.50. The molecule has 5 nitrogen and oxygen atoms in total. The van der Waals surface area contributed by atoms with E-state index in [1.165, 1.54) is 4.68 Å². The highest BCUT2D eigenvalue weighted by Crippen LogP contribution is 2.23. The van der Waals surface area contributed by atoms with Crippen LogP contribution in [0.25, 0.3) is 5.69 Å². The number of ketones is 1. The lowest BCUT2D eigenvalue weighted by molar-refractivity contribution is 0.101. The maximum Gasteiger partial charge on any atom is 0.214 e. The molecule has 0 radical (unpaired) electrons. The summed E-state index contributed by atoms with van der Waals surface area (Å²) in [6.45, 7) is 3.92. The molecule has 0 aliphatic carbocycles. The fourth-order valence-electron chi connectivity index (χ4n) is 2.38. The predicted octanol–water partition coefficient (Wildman–Crippen LogP) is 3.53. The van der Waals surface area contributed by atoms with Gasteiger partial charge in [-0.15, -0.1) is 5.10 Å². The molecule has 3 rings (SSSR count). The SMILES string of the molecule is Cc1ccc(-n2nnnc2SCC(=O)c2cc(F)ccc2F)c(C)c1. The van der Waals surface area contributed by atoms with Gasteiger partial charge in [-0.2, -0.15) is 4.68 Å². The van der Waals surface area contributed by atoms with Crippen molar-refractivity contribution in [3.05, 3.63) is 64.7 Å². The number of hydrogen-bond donors (Lipinski definition) is 0. The first-order valence-corrected chi connectivity index (χ1v) is 8.41. The molecule has 2 aromatic carbocycles. The van der Waals surface area contributed by atoms with E-state index >= 15 is 0 Å². The van der Waals surface area contributed by atoms with Gasteiger partial charge in [0.15, 0.2) is 5.78 Å². The zero-order valence-electron chi connectivity index (χ0n) is 13.5. The maximum absolute atomic E-state index is 13.7. The zero-order valence-corrected chi connectivity index (χ0v) is 14.3. The Balaban J connectivity index is 1.80. The fourth-order valence-corrected chi connectivity index (χ4v) is 3.15. The highest BCUT2D eigenvalue weighted by atomic mass is 32.2. The van der Waals surface area contributed by atoms with Gasteiger partial charge < -0.3 is 0 Å². The lowest BCUT2D eigenvalue weighted by Crippen LogP contribution is -2.08. The largest absolute Gasteiger partial charge is 0.293 e. The molecule has 0 unspecified atom stereocenters. The first kappa shape index (κ1) is 17.2. The van der Waals surface area contributed by atoms with Crippen LogP contribution < -0.4 is 0 Å². The molecular weight excluding hydrogens is 346 g/mol. The first-order chi connectivity index (χ1) is 12.0. The highest BCUT2D eigenvalue weighted by molar-refractivity contribution is 7.99. The number of nitrogens with zero attached hydrogens (tertiary/aromatic N) is 4. The van der Waals surface area contributed by atoms with Crippen molar-refractivity contribution in [2.24, 2.45) is 0 Å². The normalized spacial score (nSPS) is 10.9. The Labute approximate surface area is 147 Å². The van der Waals surface area contributed by atoms with Crippen LogP contribution in [0.5, 0.6) is 0 Å². The van der Waals surface area contributed by atoms with Crippen molar-refractivity contribution in [2.75, 3.05) is 5.75 Å². The summed E-state index contributed by atoms with van der Waals surface area (Å²) in [6, 6.07) is 8.63. The van der Waals surface area contributed by atoms with Crippen LogP contribution >= 0.6 is 11.8 Å². The van der Waals surface area contributed by atoms with E-state index in [0.29, 0.717) is 5.16 Å². The third kappa shape index (κ3) is 3.74. The number of carbonyl (C=O) groups is 1. The minimum Gasteiger partial charge on any atom is -0.293 e. The minimum atomic E-state index is -0.749. The van der Waals surface area contributed by atoms with E-state index in [1.807, 2.05) is 32.0 Å². The van der Waals surface area contributed by atoms with Gasteiger partial charge in [-0.05, 0) is 54.1 Å². The maximum atomic E-state index is 13.7. The van der Waals surface area contributed by atoms with Gasteiger partial charge in [-0.3, -0.25) is 4.79 Å². The molecule has 0 bridgehead atoms. The Kier molecular flexibility index (Phi) is 4.89. The Morgan fingerprint density at radius 2 is 1.96 bits per heavy atom. The van der Waals surface area contributed by atoms with Crippen molar-refractivity contribution >= 4 is 17.5 Å². The molecule has 0 saturated heterocycles. The Bertz CT molecular complexity index is 942. The van der Waals surface area contributed by atoms with Gasteiger partial charge in [-0.1, -0.05) is 29.5 Å². The fraction of sp³-hybridized carbons (Fsp3) is 0.176. The van der Waals surface area contributed by atoms with Crippen molar-refractivity contribution < 1.29 is 13.6 Å². The number of halogens is 2. The van der Waals surface area contributed by atoms with E-state index < -0.39 is 17.4 Å². The molecular formula is C17H14F2N4OS. The molecule has 1 aromatic heterocycles. The summed E-state index contributed by atoms with van der Waals surface area (Å²) >= 11 is 1.07. The van der Waals surface area contributed by atoms with Crippen LogP contribution in [0, 0.1) is 25.5 Å². The van der Waals surface area contributed by atoms with Crippen molar-refractivity contribution in [1.29, 1.82) is 0 Å². The zero-order chi connectivity index (χ0) is 18.0.